The quantitative estimate of drug-likeness (QED) is 0.230. The van der Waals surface area contributed by atoms with Crippen molar-refractivity contribution in [2.45, 2.75) is 59.2 Å². The van der Waals surface area contributed by atoms with Gasteiger partial charge in [-0.2, -0.15) is 13.2 Å². The van der Waals surface area contributed by atoms with Crippen molar-refractivity contribution in [3.63, 3.8) is 0 Å². The third-order valence-electron chi connectivity index (χ3n) is 9.30. The van der Waals surface area contributed by atoms with Gasteiger partial charge in [0.1, 0.15) is 0 Å². The van der Waals surface area contributed by atoms with Crippen LogP contribution in [0.2, 0.25) is 0 Å². The van der Waals surface area contributed by atoms with Gasteiger partial charge in [0.25, 0.3) is 0 Å². The Morgan fingerprint density at radius 3 is 2.33 bits per heavy atom. The van der Waals surface area contributed by atoms with Gasteiger partial charge in [-0.3, -0.25) is 0 Å². The second-order valence-electron chi connectivity index (χ2n) is 12.1. The molecule has 0 radical (unpaired) electrons. The van der Waals surface area contributed by atoms with Crippen LogP contribution < -0.4 is 0 Å². The maximum absolute atomic E-state index is 14.7. The average Bonchev–Trinajstić information content (AvgIpc) is 2.95. The molecule has 1 fully saturated rings. The third-order valence-corrected chi connectivity index (χ3v) is 13.1. The normalized spacial score (nSPS) is 24.0. The zero-order valence-corrected chi connectivity index (χ0v) is 25.5. The standard InChI is InChI=1S/C34H31F3O4S2/c1-21-17-23(13-16-31(21)42(3,38)39)25-18-24-12-14-29-28-10-5-4-7-22(28)11-15-30(29)32(24)33(2,20-25)43(40,41)27-9-6-8-26(19-27)34(35,36)37/h4-17,19,24-25,32H,18,20H2,1-3H3. The van der Waals surface area contributed by atoms with E-state index in [-0.39, 0.29) is 28.0 Å². The number of hydrogen-bond donors (Lipinski definition) is 0. The predicted molar refractivity (Wildman–Crippen MR) is 163 cm³/mol. The molecule has 2 aliphatic rings. The van der Waals surface area contributed by atoms with Crippen LogP contribution in [0.15, 0.2) is 94.7 Å². The van der Waals surface area contributed by atoms with E-state index in [0.29, 0.717) is 12.0 Å². The molecule has 4 aromatic carbocycles. The largest absolute Gasteiger partial charge is 0.416 e. The second-order valence-corrected chi connectivity index (χ2v) is 16.5. The van der Waals surface area contributed by atoms with Crippen molar-refractivity contribution in [3.8, 4) is 0 Å². The van der Waals surface area contributed by atoms with E-state index < -0.39 is 42.1 Å². The van der Waals surface area contributed by atoms with E-state index in [2.05, 4.69) is 0 Å². The number of benzene rings is 4. The number of sulfone groups is 2. The second kappa shape index (κ2) is 10.1. The Morgan fingerprint density at radius 1 is 0.884 bits per heavy atom. The van der Waals surface area contributed by atoms with E-state index in [4.69, 9.17) is 0 Å². The summed E-state index contributed by atoms with van der Waals surface area (Å²) in [7, 11) is -7.77. The molecule has 0 N–H and O–H groups in total. The van der Waals surface area contributed by atoms with Gasteiger partial charge in [0, 0.05) is 12.2 Å². The molecular weight excluding hydrogens is 593 g/mol. The van der Waals surface area contributed by atoms with E-state index in [1.807, 2.05) is 48.6 Å². The van der Waals surface area contributed by atoms with Crippen molar-refractivity contribution in [1.29, 1.82) is 0 Å². The Kier molecular flexibility index (Phi) is 6.93. The van der Waals surface area contributed by atoms with Crippen molar-refractivity contribution in [2.75, 3.05) is 6.26 Å². The molecule has 9 heteroatoms. The van der Waals surface area contributed by atoms with Crippen LogP contribution in [0.1, 0.15) is 59.4 Å². The Morgan fingerprint density at radius 2 is 1.63 bits per heavy atom. The molecule has 224 valence electrons. The number of aryl methyl sites for hydroxylation is 1. The monoisotopic (exact) mass is 624 g/mol. The summed E-state index contributed by atoms with van der Waals surface area (Å²) in [5, 5.41) is 2.00. The lowest BCUT2D eigenvalue weighted by atomic mass is 9.61. The molecule has 0 aliphatic heterocycles. The lowest BCUT2D eigenvalue weighted by molar-refractivity contribution is -0.137. The van der Waals surface area contributed by atoms with Gasteiger partial charge in [0.2, 0.25) is 0 Å². The Balaban J connectivity index is 1.54. The van der Waals surface area contributed by atoms with Crippen molar-refractivity contribution < 1.29 is 30.0 Å². The van der Waals surface area contributed by atoms with Gasteiger partial charge >= 0.3 is 6.18 Å². The van der Waals surface area contributed by atoms with Gasteiger partial charge in [-0.05, 0) is 95.8 Å². The molecule has 0 amide bonds. The Bertz CT molecular complexity index is 2010. The fraction of sp³-hybridized carbons (Fsp3) is 0.294. The first kappa shape index (κ1) is 29.6. The fourth-order valence-electron chi connectivity index (χ4n) is 7.34. The average molecular weight is 625 g/mol. The summed E-state index contributed by atoms with van der Waals surface area (Å²) in [6.45, 7) is 3.38. The summed E-state index contributed by atoms with van der Waals surface area (Å²) >= 11 is 0. The van der Waals surface area contributed by atoms with Crippen molar-refractivity contribution in [2.24, 2.45) is 5.92 Å². The van der Waals surface area contributed by atoms with E-state index in [0.717, 1.165) is 51.9 Å². The topological polar surface area (TPSA) is 68.3 Å². The Hall–Kier alpha value is -3.43. The molecule has 0 heterocycles. The smallest absolute Gasteiger partial charge is 0.224 e. The molecule has 4 nitrogen and oxygen atoms in total. The number of alkyl halides is 3. The molecule has 43 heavy (non-hydrogen) atoms. The highest BCUT2D eigenvalue weighted by molar-refractivity contribution is 7.93. The minimum absolute atomic E-state index is 0.157. The van der Waals surface area contributed by atoms with Gasteiger partial charge in [-0.15, -0.1) is 0 Å². The maximum Gasteiger partial charge on any atom is 0.416 e. The van der Waals surface area contributed by atoms with Crippen molar-refractivity contribution >= 4 is 36.5 Å². The lowest BCUT2D eigenvalue weighted by Crippen LogP contribution is -2.49. The van der Waals surface area contributed by atoms with E-state index in [1.54, 1.807) is 32.0 Å². The number of hydrogen-bond acceptors (Lipinski definition) is 4. The highest BCUT2D eigenvalue weighted by Crippen LogP contribution is 2.58. The van der Waals surface area contributed by atoms with Gasteiger partial charge in [-0.25, -0.2) is 16.8 Å². The van der Waals surface area contributed by atoms with Crippen LogP contribution in [0.4, 0.5) is 13.2 Å². The summed E-state index contributed by atoms with van der Waals surface area (Å²) in [6.07, 6.45) is 1.30. The zero-order valence-electron chi connectivity index (χ0n) is 23.9. The predicted octanol–water partition coefficient (Wildman–Crippen LogP) is 8.11. The maximum atomic E-state index is 14.7. The van der Waals surface area contributed by atoms with Crippen LogP contribution in [0.3, 0.4) is 0 Å². The van der Waals surface area contributed by atoms with Crippen LogP contribution in [0.5, 0.6) is 0 Å². The van der Waals surface area contributed by atoms with E-state index >= 15 is 0 Å². The molecule has 0 aromatic heterocycles. The van der Waals surface area contributed by atoms with Crippen LogP contribution in [-0.4, -0.2) is 27.8 Å². The number of rotatable bonds is 4. The summed E-state index contributed by atoms with van der Waals surface area (Å²) < 4.78 is 93.5. The summed E-state index contributed by atoms with van der Waals surface area (Å²) in [4.78, 5) is -0.146. The molecule has 0 saturated heterocycles. The molecule has 0 spiro atoms. The first-order valence-electron chi connectivity index (χ1n) is 14.0. The molecule has 4 unspecified atom stereocenters. The van der Waals surface area contributed by atoms with E-state index in [1.165, 1.54) is 6.07 Å². The molecule has 1 saturated carbocycles. The molecule has 4 aromatic rings. The van der Waals surface area contributed by atoms with Crippen LogP contribution >= 0.6 is 0 Å². The molecule has 4 atom stereocenters. The fourth-order valence-corrected chi connectivity index (χ4v) is 10.4. The van der Waals surface area contributed by atoms with E-state index in [9.17, 15) is 30.0 Å². The molecule has 6 rings (SSSR count). The highest BCUT2D eigenvalue weighted by atomic mass is 32.2. The number of fused-ring (bicyclic) bond motifs is 5. The first-order valence-corrected chi connectivity index (χ1v) is 17.4. The van der Waals surface area contributed by atoms with Crippen LogP contribution in [0, 0.1) is 12.8 Å². The van der Waals surface area contributed by atoms with Gasteiger partial charge in [0.05, 0.1) is 20.1 Å². The highest BCUT2D eigenvalue weighted by Gasteiger charge is 2.55. The first-order chi connectivity index (χ1) is 20.1. The summed E-state index contributed by atoms with van der Waals surface area (Å²) in [6, 6.07) is 20.9. The minimum atomic E-state index is -4.69. The minimum Gasteiger partial charge on any atom is -0.224 e. The molecule has 0 bridgehead atoms. The van der Waals surface area contributed by atoms with Crippen molar-refractivity contribution in [3.05, 3.63) is 113 Å². The third kappa shape index (κ3) is 4.90. The van der Waals surface area contributed by atoms with Gasteiger partial charge in [-0.1, -0.05) is 66.7 Å². The summed E-state index contributed by atoms with van der Waals surface area (Å²) in [5.41, 5.74) is 2.16. The van der Waals surface area contributed by atoms with Crippen molar-refractivity contribution in [1.82, 2.24) is 0 Å². The zero-order chi connectivity index (χ0) is 30.9. The SMILES string of the molecule is Cc1cc(C2CC3C=Cc4c(ccc5ccccc45)C3C(C)(S(=O)(=O)c3cccc(C(F)(F)F)c3)C2)ccc1S(C)(=O)=O. The van der Waals surface area contributed by atoms with Crippen LogP contribution in [-0.2, 0) is 25.9 Å². The Labute approximate surface area is 250 Å². The summed E-state index contributed by atoms with van der Waals surface area (Å²) in [5.74, 6) is -0.997. The van der Waals surface area contributed by atoms with Gasteiger partial charge in [0.15, 0.2) is 19.7 Å². The molecule has 2 aliphatic carbocycles. The van der Waals surface area contributed by atoms with Crippen LogP contribution in [0.25, 0.3) is 16.8 Å². The van der Waals surface area contributed by atoms with Gasteiger partial charge < -0.3 is 0 Å². The lowest BCUT2D eigenvalue weighted by Gasteiger charge is -2.50. The number of allylic oxidation sites excluding steroid dienone is 1. The molecular formula is C34H31F3O4S2. The number of halogens is 3.